The molecule has 0 amide bonds. The van der Waals surface area contributed by atoms with E-state index in [1.54, 1.807) is 0 Å². The number of nitrogens with zero attached hydrogens (tertiary/aromatic N) is 1. The summed E-state index contributed by atoms with van der Waals surface area (Å²) in [6.45, 7) is 15.6. The molecule has 0 aliphatic carbocycles. The SMILES string of the molecule is CCCC(=N)N=C([NH2+]C)c1cccc(-c2cc(-c3ccc(C(C)(C)C)cc3)cc(-c3ccc(C(C)(C)C)cc3)c2)c1. The van der Waals surface area contributed by atoms with E-state index in [0.29, 0.717) is 12.3 Å². The highest BCUT2D eigenvalue weighted by atomic mass is 15.0. The molecule has 0 saturated heterocycles. The Kier molecular flexibility index (Phi) is 9.09. The third-order valence-corrected chi connectivity index (χ3v) is 7.61. The minimum Gasteiger partial charge on any atom is -0.299 e. The summed E-state index contributed by atoms with van der Waals surface area (Å²) in [5.74, 6) is 1.27. The molecule has 0 aliphatic heterocycles. The van der Waals surface area contributed by atoms with Crippen LogP contribution in [0.2, 0.25) is 0 Å². The van der Waals surface area contributed by atoms with Crippen molar-refractivity contribution in [3.8, 4) is 33.4 Å². The van der Waals surface area contributed by atoms with Crippen molar-refractivity contribution in [3.63, 3.8) is 0 Å². The summed E-state index contributed by atoms with van der Waals surface area (Å²) < 4.78 is 0. The summed E-state index contributed by atoms with van der Waals surface area (Å²) in [5, 5.41) is 10.2. The number of rotatable bonds is 6. The van der Waals surface area contributed by atoms with Gasteiger partial charge < -0.3 is 0 Å². The second kappa shape index (κ2) is 12.4. The fourth-order valence-electron chi connectivity index (χ4n) is 5.04. The molecule has 0 fully saturated rings. The molecule has 0 bridgehead atoms. The van der Waals surface area contributed by atoms with Crippen LogP contribution >= 0.6 is 0 Å². The van der Waals surface area contributed by atoms with Gasteiger partial charge in [0, 0.05) is 6.42 Å². The third kappa shape index (κ3) is 7.48. The van der Waals surface area contributed by atoms with Crippen molar-refractivity contribution in [2.24, 2.45) is 4.99 Å². The summed E-state index contributed by atoms with van der Waals surface area (Å²) in [4.78, 5) is 4.62. The number of amidine groups is 2. The van der Waals surface area contributed by atoms with Crippen molar-refractivity contribution in [1.29, 1.82) is 5.41 Å². The summed E-state index contributed by atoms with van der Waals surface area (Å²) in [7, 11) is 1.99. The van der Waals surface area contributed by atoms with Crippen molar-refractivity contribution in [1.82, 2.24) is 0 Å². The zero-order chi connectivity index (χ0) is 29.8. The van der Waals surface area contributed by atoms with Crippen molar-refractivity contribution >= 4 is 11.7 Å². The first-order valence-electron chi connectivity index (χ1n) is 14.8. The molecule has 212 valence electrons. The van der Waals surface area contributed by atoms with Crippen molar-refractivity contribution < 1.29 is 5.32 Å². The Balaban J connectivity index is 1.84. The first kappa shape index (κ1) is 30.1. The first-order valence-corrected chi connectivity index (χ1v) is 14.8. The Hall–Kier alpha value is -3.82. The topological polar surface area (TPSA) is 52.8 Å². The standard InChI is InChI=1S/C38H45N3/c1-9-11-35(39)41-36(40-8)29-13-10-12-28(22-29)32-24-30(26-14-18-33(19-15-26)37(2,3)4)23-31(25-32)27-16-20-34(21-17-27)38(5,6)7/h10,12-25H,9,11H2,1-8H3,(H2,39,40,41)/p+1. The van der Waals surface area contributed by atoms with E-state index >= 15 is 0 Å². The molecule has 4 aromatic carbocycles. The fourth-order valence-corrected chi connectivity index (χ4v) is 5.04. The van der Waals surface area contributed by atoms with E-state index in [1.807, 2.05) is 12.4 Å². The van der Waals surface area contributed by atoms with E-state index in [-0.39, 0.29) is 10.8 Å². The van der Waals surface area contributed by atoms with Crippen LogP contribution in [-0.2, 0) is 10.8 Å². The number of hydrogen-bond donors (Lipinski definition) is 2. The number of quaternary nitrogens is 1. The molecule has 0 saturated carbocycles. The number of nitrogens with one attached hydrogen (secondary N) is 1. The number of aliphatic imine (C=N–C) groups is 1. The quantitative estimate of drug-likeness (QED) is 0.180. The van der Waals surface area contributed by atoms with Gasteiger partial charge in [0.05, 0.1) is 12.6 Å². The smallest absolute Gasteiger partial charge is 0.233 e. The highest BCUT2D eigenvalue weighted by molar-refractivity contribution is 6.01. The average Bonchev–Trinajstić information content (AvgIpc) is 2.95. The van der Waals surface area contributed by atoms with Gasteiger partial charge in [-0.15, -0.1) is 0 Å². The number of benzene rings is 4. The molecular formula is C38H46N3+. The summed E-state index contributed by atoms with van der Waals surface area (Å²) >= 11 is 0. The van der Waals surface area contributed by atoms with Crippen LogP contribution in [0.4, 0.5) is 0 Å². The maximum atomic E-state index is 8.24. The lowest BCUT2D eigenvalue weighted by Gasteiger charge is -2.20. The first-order chi connectivity index (χ1) is 19.4. The molecule has 0 aliphatic rings. The van der Waals surface area contributed by atoms with Gasteiger partial charge in [-0.1, -0.05) is 109 Å². The predicted molar refractivity (Wildman–Crippen MR) is 177 cm³/mol. The molecule has 4 aromatic rings. The van der Waals surface area contributed by atoms with Gasteiger partial charge in [0.2, 0.25) is 5.84 Å². The highest BCUT2D eigenvalue weighted by Gasteiger charge is 2.16. The lowest BCUT2D eigenvalue weighted by atomic mass is 9.85. The van der Waals surface area contributed by atoms with Gasteiger partial charge >= 0.3 is 0 Å². The Morgan fingerprint density at radius 2 is 1.10 bits per heavy atom. The molecule has 3 heteroatoms. The van der Waals surface area contributed by atoms with Crippen LogP contribution in [-0.4, -0.2) is 18.7 Å². The van der Waals surface area contributed by atoms with Gasteiger partial charge in [0.15, 0.2) is 0 Å². The van der Waals surface area contributed by atoms with Crippen LogP contribution < -0.4 is 5.32 Å². The second-order valence-electron chi connectivity index (χ2n) is 13.0. The van der Waals surface area contributed by atoms with Crippen LogP contribution in [0.3, 0.4) is 0 Å². The largest absolute Gasteiger partial charge is 0.299 e. The predicted octanol–water partition coefficient (Wildman–Crippen LogP) is 9.00. The highest BCUT2D eigenvalue weighted by Crippen LogP contribution is 2.35. The molecule has 4 rings (SSSR count). The third-order valence-electron chi connectivity index (χ3n) is 7.61. The minimum atomic E-state index is 0.115. The second-order valence-corrected chi connectivity index (χ2v) is 13.0. The maximum Gasteiger partial charge on any atom is 0.233 e. The van der Waals surface area contributed by atoms with Crippen molar-refractivity contribution in [2.45, 2.75) is 72.1 Å². The van der Waals surface area contributed by atoms with Crippen molar-refractivity contribution in [3.05, 3.63) is 108 Å². The average molecular weight is 545 g/mol. The maximum absolute atomic E-state index is 8.24. The van der Waals surface area contributed by atoms with E-state index in [2.05, 4.69) is 144 Å². The zero-order valence-electron chi connectivity index (χ0n) is 26.1. The van der Waals surface area contributed by atoms with E-state index in [9.17, 15) is 0 Å². The van der Waals surface area contributed by atoms with Gasteiger partial charge in [-0.3, -0.25) is 10.7 Å². The van der Waals surface area contributed by atoms with Crippen LogP contribution in [0, 0.1) is 5.41 Å². The van der Waals surface area contributed by atoms with E-state index in [1.165, 1.54) is 38.9 Å². The molecule has 0 radical (unpaired) electrons. The zero-order valence-corrected chi connectivity index (χ0v) is 26.1. The lowest BCUT2D eigenvalue weighted by molar-refractivity contribution is -0.505. The molecule has 0 atom stereocenters. The molecule has 0 unspecified atom stereocenters. The van der Waals surface area contributed by atoms with Gasteiger partial charge in [-0.2, -0.15) is 4.99 Å². The number of nitrogens with two attached hydrogens (primary N) is 1. The number of hydrogen-bond acceptors (Lipinski definition) is 1. The Bertz CT molecular complexity index is 1450. The summed E-state index contributed by atoms with van der Waals surface area (Å²) in [6.07, 6.45) is 1.60. The van der Waals surface area contributed by atoms with Crippen LogP contribution in [0.1, 0.15) is 78.0 Å². The van der Waals surface area contributed by atoms with Gasteiger partial charge in [0.25, 0.3) is 0 Å². The Labute approximate surface area is 247 Å². The summed E-state index contributed by atoms with van der Waals surface area (Å²) in [6, 6.07) is 33.5. The normalized spacial score (nSPS) is 12.4. The van der Waals surface area contributed by atoms with Gasteiger partial charge in [0.1, 0.15) is 5.84 Å². The molecule has 0 spiro atoms. The molecular weight excluding hydrogens is 498 g/mol. The van der Waals surface area contributed by atoms with E-state index < -0.39 is 0 Å². The Morgan fingerprint density at radius 1 is 0.634 bits per heavy atom. The lowest BCUT2D eigenvalue weighted by Crippen LogP contribution is -2.84. The molecule has 3 nitrogen and oxygen atoms in total. The van der Waals surface area contributed by atoms with Crippen LogP contribution in [0.5, 0.6) is 0 Å². The van der Waals surface area contributed by atoms with Crippen LogP contribution in [0.15, 0.2) is 96.0 Å². The molecule has 3 N–H and O–H groups in total. The molecule has 0 heterocycles. The van der Waals surface area contributed by atoms with E-state index in [4.69, 9.17) is 5.41 Å². The van der Waals surface area contributed by atoms with Crippen LogP contribution in [0.25, 0.3) is 33.4 Å². The van der Waals surface area contributed by atoms with Gasteiger partial charge in [-0.25, -0.2) is 0 Å². The summed E-state index contributed by atoms with van der Waals surface area (Å²) in [5.41, 5.74) is 11.0. The molecule has 0 aromatic heterocycles. The fraction of sp³-hybridized carbons (Fsp3) is 0.316. The van der Waals surface area contributed by atoms with E-state index in [0.717, 1.165) is 23.4 Å². The van der Waals surface area contributed by atoms with Crippen molar-refractivity contribution in [2.75, 3.05) is 7.05 Å². The van der Waals surface area contributed by atoms with Gasteiger partial charge in [-0.05, 0) is 92.1 Å². The Morgan fingerprint density at radius 3 is 1.51 bits per heavy atom. The minimum absolute atomic E-state index is 0.115. The molecule has 41 heavy (non-hydrogen) atoms. The monoisotopic (exact) mass is 544 g/mol.